The van der Waals surface area contributed by atoms with E-state index in [0.717, 1.165) is 24.6 Å². The Morgan fingerprint density at radius 1 is 1.20 bits per heavy atom. The highest BCUT2D eigenvalue weighted by Gasteiger charge is 2.12. The third-order valence-corrected chi connectivity index (χ3v) is 3.86. The zero-order chi connectivity index (χ0) is 14.2. The van der Waals surface area contributed by atoms with Crippen LogP contribution >= 0.6 is 0 Å². The predicted molar refractivity (Wildman–Crippen MR) is 82.0 cm³/mol. The highest BCUT2D eigenvalue weighted by atomic mass is 16.5. The second kappa shape index (κ2) is 7.93. The van der Waals surface area contributed by atoms with Crippen molar-refractivity contribution in [1.29, 1.82) is 0 Å². The molecule has 0 saturated heterocycles. The van der Waals surface area contributed by atoms with Crippen molar-refractivity contribution in [3.05, 3.63) is 24.3 Å². The lowest BCUT2D eigenvalue weighted by Crippen LogP contribution is -2.17. The van der Waals surface area contributed by atoms with Crippen LogP contribution in [0.3, 0.4) is 0 Å². The Labute approximate surface area is 121 Å². The third-order valence-electron chi connectivity index (χ3n) is 3.86. The molecule has 20 heavy (non-hydrogen) atoms. The summed E-state index contributed by atoms with van der Waals surface area (Å²) in [5.74, 6) is 1.29. The Bertz CT molecular complexity index is 408. The van der Waals surface area contributed by atoms with Gasteiger partial charge in [0.15, 0.2) is 0 Å². The summed E-state index contributed by atoms with van der Waals surface area (Å²) in [7, 11) is 0. The normalized spacial score (nSPS) is 15.8. The van der Waals surface area contributed by atoms with Gasteiger partial charge in [-0.05, 0) is 49.4 Å². The molecule has 1 aliphatic carbocycles. The Morgan fingerprint density at radius 2 is 1.90 bits per heavy atom. The molecule has 1 fully saturated rings. The minimum atomic E-state index is -0.157. The SMILES string of the molecule is CCCC(=O)Oc1ccc(NCC2CCCCC2)cc1. The molecule has 1 N–H and O–H groups in total. The average molecular weight is 275 g/mol. The van der Waals surface area contributed by atoms with Gasteiger partial charge in [-0.2, -0.15) is 0 Å². The van der Waals surface area contributed by atoms with Gasteiger partial charge in [-0.25, -0.2) is 0 Å². The van der Waals surface area contributed by atoms with Crippen molar-refractivity contribution in [2.45, 2.75) is 51.9 Å². The van der Waals surface area contributed by atoms with Gasteiger partial charge in [0.1, 0.15) is 5.75 Å². The first kappa shape index (κ1) is 14.9. The number of carbonyl (C=O) groups excluding carboxylic acids is 1. The standard InChI is InChI=1S/C17H25NO2/c1-2-6-17(19)20-16-11-9-15(10-12-16)18-13-14-7-4-3-5-8-14/h9-12,14,18H,2-8,13H2,1H3. The highest BCUT2D eigenvalue weighted by Crippen LogP contribution is 2.24. The van der Waals surface area contributed by atoms with Gasteiger partial charge in [0.2, 0.25) is 0 Å². The van der Waals surface area contributed by atoms with Crippen LogP contribution in [0.1, 0.15) is 51.9 Å². The fraction of sp³-hybridized carbons (Fsp3) is 0.588. The summed E-state index contributed by atoms with van der Waals surface area (Å²) < 4.78 is 5.24. The lowest BCUT2D eigenvalue weighted by atomic mass is 9.89. The maximum Gasteiger partial charge on any atom is 0.311 e. The highest BCUT2D eigenvalue weighted by molar-refractivity contribution is 5.72. The summed E-state index contributed by atoms with van der Waals surface area (Å²) >= 11 is 0. The minimum Gasteiger partial charge on any atom is -0.427 e. The Balaban J connectivity index is 1.77. The van der Waals surface area contributed by atoms with Gasteiger partial charge in [0.25, 0.3) is 0 Å². The van der Waals surface area contributed by atoms with E-state index in [1.54, 1.807) is 0 Å². The van der Waals surface area contributed by atoms with Crippen LogP contribution < -0.4 is 10.1 Å². The minimum absolute atomic E-state index is 0.157. The monoisotopic (exact) mass is 275 g/mol. The molecule has 0 atom stereocenters. The molecule has 1 saturated carbocycles. The molecule has 0 radical (unpaired) electrons. The Hall–Kier alpha value is -1.51. The van der Waals surface area contributed by atoms with E-state index in [-0.39, 0.29) is 5.97 Å². The number of hydrogen-bond donors (Lipinski definition) is 1. The first-order valence-corrected chi connectivity index (χ1v) is 7.82. The van der Waals surface area contributed by atoms with E-state index in [1.807, 2.05) is 31.2 Å². The van der Waals surface area contributed by atoms with E-state index in [2.05, 4.69) is 5.32 Å². The zero-order valence-corrected chi connectivity index (χ0v) is 12.4. The van der Waals surface area contributed by atoms with E-state index in [4.69, 9.17) is 4.74 Å². The summed E-state index contributed by atoms with van der Waals surface area (Å²) in [6.45, 7) is 3.02. The number of carbonyl (C=O) groups is 1. The largest absolute Gasteiger partial charge is 0.427 e. The summed E-state index contributed by atoms with van der Waals surface area (Å²) in [5.41, 5.74) is 1.10. The van der Waals surface area contributed by atoms with Gasteiger partial charge in [0.05, 0.1) is 0 Å². The second-order valence-electron chi connectivity index (χ2n) is 5.63. The molecule has 110 valence electrons. The number of nitrogens with one attached hydrogen (secondary N) is 1. The first-order valence-electron chi connectivity index (χ1n) is 7.82. The molecular weight excluding hydrogens is 250 g/mol. The van der Waals surface area contributed by atoms with Crippen molar-refractivity contribution in [3.8, 4) is 5.75 Å². The average Bonchev–Trinajstić information content (AvgIpc) is 2.48. The van der Waals surface area contributed by atoms with E-state index in [1.165, 1.54) is 32.1 Å². The molecule has 2 rings (SSSR count). The van der Waals surface area contributed by atoms with Gasteiger partial charge >= 0.3 is 5.97 Å². The fourth-order valence-electron chi connectivity index (χ4n) is 2.68. The van der Waals surface area contributed by atoms with Crippen LogP contribution in [0.15, 0.2) is 24.3 Å². The first-order chi connectivity index (χ1) is 9.78. The molecular formula is C17H25NO2. The molecule has 0 aromatic heterocycles. The molecule has 1 aromatic rings. The van der Waals surface area contributed by atoms with Crippen LogP contribution in [0.25, 0.3) is 0 Å². The third kappa shape index (κ3) is 4.87. The molecule has 3 nitrogen and oxygen atoms in total. The molecule has 1 aliphatic rings. The van der Waals surface area contributed by atoms with E-state index in [9.17, 15) is 4.79 Å². The summed E-state index contributed by atoms with van der Waals surface area (Å²) in [6, 6.07) is 7.68. The van der Waals surface area contributed by atoms with Crippen LogP contribution in [0.4, 0.5) is 5.69 Å². The number of hydrogen-bond acceptors (Lipinski definition) is 3. The van der Waals surface area contributed by atoms with E-state index >= 15 is 0 Å². The summed E-state index contributed by atoms with van der Waals surface area (Å²) in [5, 5.41) is 3.48. The van der Waals surface area contributed by atoms with Crippen molar-refractivity contribution >= 4 is 11.7 Å². The Morgan fingerprint density at radius 3 is 2.55 bits per heavy atom. The van der Waals surface area contributed by atoms with Gasteiger partial charge in [-0.15, -0.1) is 0 Å². The van der Waals surface area contributed by atoms with Crippen molar-refractivity contribution < 1.29 is 9.53 Å². The number of rotatable bonds is 6. The van der Waals surface area contributed by atoms with E-state index in [0.29, 0.717) is 12.2 Å². The van der Waals surface area contributed by atoms with E-state index < -0.39 is 0 Å². The van der Waals surface area contributed by atoms with Crippen molar-refractivity contribution in [1.82, 2.24) is 0 Å². The van der Waals surface area contributed by atoms with Gasteiger partial charge in [-0.1, -0.05) is 26.2 Å². The molecule has 3 heteroatoms. The van der Waals surface area contributed by atoms with Crippen LogP contribution in [0.2, 0.25) is 0 Å². The predicted octanol–water partition coefficient (Wildman–Crippen LogP) is 4.38. The van der Waals surface area contributed by atoms with Gasteiger partial charge < -0.3 is 10.1 Å². The Kier molecular flexibility index (Phi) is 5.90. The lowest BCUT2D eigenvalue weighted by Gasteiger charge is -2.22. The van der Waals surface area contributed by atoms with Gasteiger partial charge in [0, 0.05) is 18.7 Å². The second-order valence-corrected chi connectivity index (χ2v) is 5.63. The molecule has 1 aromatic carbocycles. The summed E-state index contributed by atoms with van der Waals surface area (Å²) in [6.07, 6.45) is 8.13. The van der Waals surface area contributed by atoms with Crippen molar-refractivity contribution in [2.75, 3.05) is 11.9 Å². The van der Waals surface area contributed by atoms with Crippen LogP contribution in [-0.4, -0.2) is 12.5 Å². The molecule has 0 amide bonds. The van der Waals surface area contributed by atoms with Gasteiger partial charge in [-0.3, -0.25) is 4.79 Å². The lowest BCUT2D eigenvalue weighted by molar-refractivity contribution is -0.134. The quantitative estimate of drug-likeness (QED) is 0.618. The molecule has 0 spiro atoms. The molecule has 0 bridgehead atoms. The molecule has 0 heterocycles. The number of ether oxygens (including phenoxy) is 1. The van der Waals surface area contributed by atoms with Crippen LogP contribution in [0, 0.1) is 5.92 Å². The smallest absolute Gasteiger partial charge is 0.311 e. The fourth-order valence-corrected chi connectivity index (χ4v) is 2.68. The van der Waals surface area contributed by atoms with Crippen molar-refractivity contribution in [2.24, 2.45) is 5.92 Å². The van der Waals surface area contributed by atoms with Crippen LogP contribution in [0.5, 0.6) is 5.75 Å². The zero-order valence-electron chi connectivity index (χ0n) is 12.4. The van der Waals surface area contributed by atoms with Crippen LogP contribution in [-0.2, 0) is 4.79 Å². The topological polar surface area (TPSA) is 38.3 Å². The maximum absolute atomic E-state index is 11.4. The van der Waals surface area contributed by atoms with Crippen molar-refractivity contribution in [3.63, 3.8) is 0 Å². The number of benzene rings is 1. The molecule has 0 unspecified atom stereocenters. The number of anilines is 1. The number of esters is 1. The molecule has 0 aliphatic heterocycles. The summed E-state index contributed by atoms with van der Waals surface area (Å²) in [4.78, 5) is 11.4. The maximum atomic E-state index is 11.4.